The van der Waals surface area contributed by atoms with Gasteiger partial charge in [0, 0.05) is 11.6 Å². The summed E-state index contributed by atoms with van der Waals surface area (Å²) in [5.41, 5.74) is -1.28. The van der Waals surface area contributed by atoms with E-state index in [2.05, 4.69) is 10.6 Å². The number of carbonyl (C=O) groups is 3. The number of aliphatic hydroxyl groups excluding tert-OH is 1. The number of benzene rings is 1. The number of carbonyl (C=O) groups excluding carboxylic acids is 3. The van der Waals surface area contributed by atoms with Crippen molar-refractivity contribution in [3.05, 3.63) is 29.8 Å². The largest absolute Gasteiger partial charge is 0.508 e. The Morgan fingerprint density at radius 2 is 1.71 bits per heavy atom. The highest BCUT2D eigenvalue weighted by Gasteiger charge is 2.42. The molecule has 0 heterocycles. The lowest BCUT2D eigenvalue weighted by atomic mass is 9.95. The van der Waals surface area contributed by atoms with Crippen LogP contribution < -0.4 is 10.6 Å². The summed E-state index contributed by atoms with van der Waals surface area (Å²) in [5, 5.41) is 25.4. The fraction of sp³-hybridized carbons (Fsp3) is 0.640. The lowest BCUT2D eigenvalue weighted by Gasteiger charge is -2.43. The van der Waals surface area contributed by atoms with Crippen LogP contribution in [0.4, 0.5) is 4.79 Å². The Kier molecular flexibility index (Phi) is 10.4. The SMILES string of the molecule is CCCC(C)NC(=O)C(c1cccc(O)c1)N(C(=O)C(CO)NC(=O)OC(C)(C)C)C(C)(C)C. The minimum atomic E-state index is -1.34. The predicted molar refractivity (Wildman–Crippen MR) is 130 cm³/mol. The van der Waals surface area contributed by atoms with Gasteiger partial charge in [0.15, 0.2) is 0 Å². The molecule has 9 nitrogen and oxygen atoms in total. The fourth-order valence-corrected chi connectivity index (χ4v) is 3.59. The van der Waals surface area contributed by atoms with E-state index in [1.54, 1.807) is 53.7 Å². The zero-order valence-electron chi connectivity index (χ0n) is 21.6. The van der Waals surface area contributed by atoms with E-state index in [1.807, 2.05) is 13.8 Å². The van der Waals surface area contributed by atoms with Gasteiger partial charge in [-0.05, 0) is 72.6 Å². The normalized spacial score (nSPS) is 14.5. The molecule has 3 amide bonds. The molecule has 1 aromatic rings. The minimum absolute atomic E-state index is 0.0520. The smallest absolute Gasteiger partial charge is 0.408 e. The molecule has 0 fully saturated rings. The summed E-state index contributed by atoms with van der Waals surface area (Å²) in [6, 6.07) is 3.55. The second-order valence-electron chi connectivity index (χ2n) is 10.5. The number of amides is 3. The maximum absolute atomic E-state index is 13.7. The Labute approximate surface area is 202 Å². The Hall–Kier alpha value is -2.81. The number of aromatic hydroxyl groups is 1. The van der Waals surface area contributed by atoms with Gasteiger partial charge in [-0.3, -0.25) is 9.59 Å². The highest BCUT2D eigenvalue weighted by atomic mass is 16.6. The van der Waals surface area contributed by atoms with Crippen LogP contribution in [0.15, 0.2) is 24.3 Å². The topological polar surface area (TPSA) is 128 Å². The standard InChI is InChI=1S/C25H41N3O6/c1-9-11-16(2)26-21(31)20(17-12-10-13-18(30)14-17)28(24(3,4)5)22(32)19(15-29)27-23(33)34-25(6,7)8/h10,12-14,16,19-20,29-30H,9,11,15H2,1-8H3,(H,26,31)(H,27,33). The van der Waals surface area contributed by atoms with E-state index in [-0.39, 0.29) is 11.8 Å². The molecule has 1 rings (SSSR count). The van der Waals surface area contributed by atoms with Crippen LogP contribution >= 0.6 is 0 Å². The van der Waals surface area contributed by atoms with E-state index in [0.717, 1.165) is 12.8 Å². The third kappa shape index (κ3) is 8.85. The minimum Gasteiger partial charge on any atom is -0.508 e. The van der Waals surface area contributed by atoms with Gasteiger partial charge in [-0.1, -0.05) is 25.5 Å². The van der Waals surface area contributed by atoms with Crippen molar-refractivity contribution < 1.29 is 29.3 Å². The van der Waals surface area contributed by atoms with Crippen molar-refractivity contribution in [3.8, 4) is 5.75 Å². The molecule has 0 bridgehead atoms. The molecule has 4 N–H and O–H groups in total. The summed E-state index contributed by atoms with van der Waals surface area (Å²) >= 11 is 0. The average Bonchev–Trinajstić information content (AvgIpc) is 2.67. The van der Waals surface area contributed by atoms with Crippen molar-refractivity contribution in [2.45, 2.75) is 97.5 Å². The first kappa shape index (κ1) is 29.2. The molecule has 34 heavy (non-hydrogen) atoms. The quantitative estimate of drug-likeness (QED) is 0.430. The monoisotopic (exact) mass is 479 g/mol. The lowest BCUT2D eigenvalue weighted by molar-refractivity contribution is -0.149. The average molecular weight is 480 g/mol. The Balaban J connectivity index is 3.46. The van der Waals surface area contributed by atoms with Crippen molar-refractivity contribution in [1.82, 2.24) is 15.5 Å². The molecular weight excluding hydrogens is 438 g/mol. The van der Waals surface area contributed by atoms with Gasteiger partial charge in [0.05, 0.1) is 6.61 Å². The number of hydrogen-bond acceptors (Lipinski definition) is 6. The van der Waals surface area contributed by atoms with Crippen LogP contribution in [0.3, 0.4) is 0 Å². The van der Waals surface area contributed by atoms with Gasteiger partial charge in [0.25, 0.3) is 0 Å². The highest BCUT2D eigenvalue weighted by Crippen LogP contribution is 2.31. The molecule has 9 heteroatoms. The van der Waals surface area contributed by atoms with Crippen LogP contribution in [0.2, 0.25) is 0 Å². The van der Waals surface area contributed by atoms with Crippen molar-refractivity contribution >= 4 is 17.9 Å². The van der Waals surface area contributed by atoms with Crippen LogP contribution in [-0.4, -0.2) is 62.9 Å². The van der Waals surface area contributed by atoms with Crippen molar-refractivity contribution in [1.29, 1.82) is 0 Å². The molecule has 0 aromatic heterocycles. The van der Waals surface area contributed by atoms with Crippen LogP contribution in [0.25, 0.3) is 0 Å². The Morgan fingerprint density at radius 1 is 1.09 bits per heavy atom. The maximum atomic E-state index is 13.7. The highest BCUT2D eigenvalue weighted by molar-refractivity contribution is 5.92. The van der Waals surface area contributed by atoms with E-state index >= 15 is 0 Å². The fourth-order valence-electron chi connectivity index (χ4n) is 3.59. The molecule has 3 unspecified atom stereocenters. The second-order valence-corrected chi connectivity index (χ2v) is 10.5. The molecule has 1 aromatic carbocycles. The summed E-state index contributed by atoms with van der Waals surface area (Å²) in [6.07, 6.45) is 0.761. The van der Waals surface area contributed by atoms with Crippen molar-refractivity contribution in [2.24, 2.45) is 0 Å². The molecule has 0 aliphatic heterocycles. The molecule has 0 saturated heterocycles. The first-order valence-electron chi connectivity index (χ1n) is 11.6. The zero-order valence-corrected chi connectivity index (χ0v) is 21.6. The summed E-state index contributed by atoms with van der Waals surface area (Å²) in [4.78, 5) is 40.8. The molecule has 192 valence electrons. The molecule has 0 saturated carbocycles. The number of alkyl carbamates (subject to hydrolysis) is 1. The van der Waals surface area contributed by atoms with E-state index in [4.69, 9.17) is 4.74 Å². The lowest BCUT2D eigenvalue weighted by Crippen LogP contribution is -2.59. The van der Waals surface area contributed by atoms with Gasteiger partial charge in [0.1, 0.15) is 23.4 Å². The summed E-state index contributed by atoms with van der Waals surface area (Å²) in [7, 11) is 0. The van der Waals surface area contributed by atoms with E-state index in [9.17, 15) is 24.6 Å². The van der Waals surface area contributed by atoms with E-state index in [0.29, 0.717) is 5.56 Å². The van der Waals surface area contributed by atoms with Gasteiger partial charge >= 0.3 is 6.09 Å². The third-order valence-corrected chi connectivity index (χ3v) is 4.93. The van der Waals surface area contributed by atoms with Gasteiger partial charge in [0.2, 0.25) is 11.8 Å². The molecule has 0 aliphatic carbocycles. The zero-order chi connectivity index (χ0) is 26.3. The first-order chi connectivity index (χ1) is 15.6. The van der Waals surface area contributed by atoms with E-state index < -0.39 is 47.7 Å². The Bertz CT molecular complexity index is 844. The predicted octanol–water partition coefficient (Wildman–Crippen LogP) is 3.25. The molecule has 0 radical (unpaired) electrons. The number of phenols is 1. The summed E-state index contributed by atoms with van der Waals surface area (Å²) < 4.78 is 5.23. The maximum Gasteiger partial charge on any atom is 0.408 e. The third-order valence-electron chi connectivity index (χ3n) is 4.93. The second kappa shape index (κ2) is 12.1. The number of nitrogens with one attached hydrogen (secondary N) is 2. The van der Waals surface area contributed by atoms with Crippen molar-refractivity contribution in [3.63, 3.8) is 0 Å². The number of hydrogen-bond donors (Lipinski definition) is 4. The molecule has 3 atom stereocenters. The van der Waals surface area contributed by atoms with Gasteiger partial charge in [-0.25, -0.2) is 4.79 Å². The first-order valence-corrected chi connectivity index (χ1v) is 11.6. The van der Waals surface area contributed by atoms with Crippen molar-refractivity contribution in [2.75, 3.05) is 6.61 Å². The summed E-state index contributed by atoms with van der Waals surface area (Å²) in [5.74, 6) is -1.14. The molecule has 0 spiro atoms. The number of ether oxygens (including phenoxy) is 1. The number of nitrogens with zero attached hydrogens (tertiary/aromatic N) is 1. The summed E-state index contributed by atoms with van der Waals surface area (Å²) in [6.45, 7) is 13.5. The van der Waals surface area contributed by atoms with Crippen LogP contribution in [0.1, 0.15) is 79.8 Å². The van der Waals surface area contributed by atoms with Gasteiger partial charge in [-0.15, -0.1) is 0 Å². The van der Waals surface area contributed by atoms with Crippen LogP contribution in [-0.2, 0) is 14.3 Å². The number of aliphatic hydroxyl groups is 1. The Morgan fingerprint density at radius 3 is 2.18 bits per heavy atom. The van der Waals surface area contributed by atoms with Gasteiger partial charge in [-0.2, -0.15) is 0 Å². The van der Waals surface area contributed by atoms with Crippen LogP contribution in [0.5, 0.6) is 5.75 Å². The molecule has 0 aliphatic rings. The van der Waals surface area contributed by atoms with Crippen LogP contribution in [0, 0.1) is 0 Å². The number of rotatable bonds is 9. The van der Waals surface area contributed by atoms with E-state index in [1.165, 1.54) is 17.0 Å². The number of phenolic OH excluding ortho intramolecular Hbond substituents is 1. The van der Waals surface area contributed by atoms with Gasteiger partial charge < -0.3 is 30.5 Å². The molecular formula is C25H41N3O6.